The summed E-state index contributed by atoms with van der Waals surface area (Å²) in [6, 6.07) is 14.9. The zero-order valence-electron chi connectivity index (χ0n) is 17.1. The van der Waals surface area contributed by atoms with Crippen LogP contribution < -0.4 is 5.32 Å². The second-order valence-corrected chi connectivity index (χ2v) is 8.01. The standard InChI is InChI=1S/C24H21N7/c1-15-8-19(13-26-11-15)16-3-5-22-21(10-16)24(29-27-22)23-14-31(30-28-23)20-4-2-18-12-25-7-6-17(18)9-20/h2-5,8-11,13-14,25H,6-7,12H2,1H3,(H,27,29). The van der Waals surface area contributed by atoms with Crippen LogP contribution >= 0.6 is 0 Å². The largest absolute Gasteiger partial charge is 0.312 e. The maximum absolute atomic E-state index is 4.53. The van der Waals surface area contributed by atoms with E-state index in [1.807, 2.05) is 36.3 Å². The Balaban J connectivity index is 1.39. The second kappa shape index (κ2) is 7.14. The number of fused-ring (bicyclic) bond motifs is 2. The van der Waals surface area contributed by atoms with Crippen LogP contribution in [0.3, 0.4) is 0 Å². The average Bonchev–Trinajstić information content (AvgIpc) is 3.45. The van der Waals surface area contributed by atoms with E-state index in [0.29, 0.717) is 0 Å². The van der Waals surface area contributed by atoms with E-state index in [1.54, 1.807) is 0 Å². The molecule has 3 aromatic heterocycles. The number of aromatic amines is 1. The van der Waals surface area contributed by atoms with Gasteiger partial charge in [-0.05, 0) is 72.5 Å². The predicted molar refractivity (Wildman–Crippen MR) is 120 cm³/mol. The van der Waals surface area contributed by atoms with E-state index in [1.165, 1.54) is 11.1 Å². The molecule has 31 heavy (non-hydrogen) atoms. The van der Waals surface area contributed by atoms with Crippen LogP contribution in [0.25, 0.3) is 39.1 Å². The summed E-state index contributed by atoms with van der Waals surface area (Å²) in [5, 5.41) is 20.9. The fourth-order valence-electron chi connectivity index (χ4n) is 4.21. The van der Waals surface area contributed by atoms with Gasteiger partial charge in [0.1, 0.15) is 11.4 Å². The molecule has 6 rings (SSSR count). The third-order valence-electron chi connectivity index (χ3n) is 5.85. The van der Waals surface area contributed by atoms with Gasteiger partial charge in [-0.25, -0.2) is 4.68 Å². The number of hydrogen-bond donors (Lipinski definition) is 2. The Labute approximate surface area is 179 Å². The Hall–Kier alpha value is -3.84. The molecule has 2 N–H and O–H groups in total. The topological polar surface area (TPSA) is 84.3 Å². The summed E-state index contributed by atoms with van der Waals surface area (Å²) in [6.07, 6.45) is 6.72. The molecular weight excluding hydrogens is 386 g/mol. The van der Waals surface area contributed by atoms with Crippen molar-refractivity contribution in [2.45, 2.75) is 19.9 Å². The lowest BCUT2D eigenvalue weighted by Crippen LogP contribution is -2.23. The highest BCUT2D eigenvalue weighted by atomic mass is 15.4. The van der Waals surface area contributed by atoms with Gasteiger partial charge in [0.05, 0.1) is 17.4 Å². The van der Waals surface area contributed by atoms with Crippen LogP contribution in [0.4, 0.5) is 0 Å². The summed E-state index contributed by atoms with van der Waals surface area (Å²) in [4.78, 5) is 4.32. The summed E-state index contributed by atoms with van der Waals surface area (Å²) < 4.78 is 1.83. The van der Waals surface area contributed by atoms with Crippen molar-refractivity contribution in [2.24, 2.45) is 0 Å². The lowest BCUT2D eigenvalue weighted by molar-refractivity contribution is 0.642. The maximum Gasteiger partial charge on any atom is 0.134 e. The fraction of sp³-hybridized carbons (Fsp3) is 0.167. The molecular formula is C24H21N7. The first kappa shape index (κ1) is 18.0. The zero-order chi connectivity index (χ0) is 20.8. The van der Waals surface area contributed by atoms with Gasteiger partial charge in [0.15, 0.2) is 0 Å². The lowest BCUT2D eigenvalue weighted by Gasteiger charge is -2.17. The Bertz CT molecular complexity index is 1410. The molecule has 0 aliphatic carbocycles. The van der Waals surface area contributed by atoms with Gasteiger partial charge in [-0.15, -0.1) is 5.10 Å². The molecule has 5 aromatic rings. The quantitative estimate of drug-likeness (QED) is 0.475. The lowest BCUT2D eigenvalue weighted by atomic mass is 10.0. The van der Waals surface area contributed by atoms with Crippen molar-refractivity contribution in [3.05, 3.63) is 77.7 Å². The van der Waals surface area contributed by atoms with E-state index in [-0.39, 0.29) is 0 Å². The van der Waals surface area contributed by atoms with Crippen LogP contribution in [0, 0.1) is 6.92 Å². The molecule has 4 heterocycles. The molecule has 2 aromatic carbocycles. The van der Waals surface area contributed by atoms with Gasteiger partial charge < -0.3 is 5.32 Å². The van der Waals surface area contributed by atoms with Gasteiger partial charge in [-0.2, -0.15) is 5.10 Å². The summed E-state index contributed by atoms with van der Waals surface area (Å²) in [7, 11) is 0. The molecule has 0 atom stereocenters. The van der Waals surface area contributed by atoms with Crippen molar-refractivity contribution in [2.75, 3.05) is 6.54 Å². The summed E-state index contributed by atoms with van der Waals surface area (Å²) in [6.45, 7) is 3.99. The first-order chi connectivity index (χ1) is 15.2. The Morgan fingerprint density at radius 1 is 0.968 bits per heavy atom. The van der Waals surface area contributed by atoms with E-state index < -0.39 is 0 Å². The van der Waals surface area contributed by atoms with Gasteiger partial charge in [-0.1, -0.05) is 17.3 Å². The van der Waals surface area contributed by atoms with Crippen LogP contribution in [-0.4, -0.2) is 36.7 Å². The van der Waals surface area contributed by atoms with E-state index >= 15 is 0 Å². The summed E-state index contributed by atoms with van der Waals surface area (Å²) >= 11 is 0. The molecule has 0 saturated carbocycles. The third kappa shape index (κ3) is 3.19. The number of benzene rings is 2. The highest BCUT2D eigenvalue weighted by Crippen LogP contribution is 2.30. The molecule has 7 nitrogen and oxygen atoms in total. The third-order valence-corrected chi connectivity index (χ3v) is 5.85. The molecule has 0 amide bonds. The SMILES string of the molecule is Cc1cncc(-c2ccc3[nH]nc(-c4cn(-c5ccc6c(c5)CCNC6)nn4)c3c2)c1. The Kier molecular flexibility index (Phi) is 4.14. The first-order valence-corrected chi connectivity index (χ1v) is 10.4. The molecule has 0 fully saturated rings. The van der Waals surface area contributed by atoms with E-state index in [2.05, 4.69) is 67.2 Å². The van der Waals surface area contributed by atoms with Gasteiger partial charge >= 0.3 is 0 Å². The van der Waals surface area contributed by atoms with E-state index in [9.17, 15) is 0 Å². The van der Waals surface area contributed by atoms with Gasteiger partial charge in [-0.3, -0.25) is 10.1 Å². The van der Waals surface area contributed by atoms with Crippen LogP contribution in [0.1, 0.15) is 16.7 Å². The molecule has 0 radical (unpaired) electrons. The molecule has 1 aliphatic heterocycles. The monoisotopic (exact) mass is 407 g/mol. The molecule has 0 spiro atoms. The van der Waals surface area contributed by atoms with E-state index in [4.69, 9.17) is 0 Å². The highest BCUT2D eigenvalue weighted by Gasteiger charge is 2.15. The van der Waals surface area contributed by atoms with Crippen molar-refractivity contribution in [3.8, 4) is 28.2 Å². The van der Waals surface area contributed by atoms with Crippen molar-refractivity contribution < 1.29 is 0 Å². The number of pyridine rings is 1. The first-order valence-electron chi connectivity index (χ1n) is 10.4. The normalized spacial score (nSPS) is 13.5. The van der Waals surface area contributed by atoms with Crippen molar-refractivity contribution in [1.29, 1.82) is 0 Å². The highest BCUT2D eigenvalue weighted by molar-refractivity contribution is 5.94. The second-order valence-electron chi connectivity index (χ2n) is 8.01. The minimum absolute atomic E-state index is 0.741. The fourth-order valence-corrected chi connectivity index (χ4v) is 4.21. The summed E-state index contributed by atoms with van der Waals surface area (Å²) in [5.41, 5.74) is 9.57. The number of hydrogen-bond acceptors (Lipinski definition) is 5. The van der Waals surface area contributed by atoms with Crippen LogP contribution in [0.2, 0.25) is 0 Å². The van der Waals surface area contributed by atoms with E-state index in [0.717, 1.165) is 64.2 Å². The minimum Gasteiger partial charge on any atom is -0.312 e. The van der Waals surface area contributed by atoms with Crippen LogP contribution in [-0.2, 0) is 13.0 Å². The molecule has 0 bridgehead atoms. The molecule has 152 valence electrons. The van der Waals surface area contributed by atoms with Crippen LogP contribution in [0.5, 0.6) is 0 Å². The molecule has 0 unspecified atom stereocenters. The number of aromatic nitrogens is 6. The van der Waals surface area contributed by atoms with Crippen molar-refractivity contribution >= 4 is 10.9 Å². The predicted octanol–water partition coefficient (Wildman–Crippen LogP) is 3.83. The van der Waals surface area contributed by atoms with Gasteiger partial charge in [0.2, 0.25) is 0 Å². The van der Waals surface area contributed by atoms with Crippen molar-refractivity contribution in [3.63, 3.8) is 0 Å². The van der Waals surface area contributed by atoms with Crippen LogP contribution in [0.15, 0.2) is 61.1 Å². The minimum atomic E-state index is 0.741. The van der Waals surface area contributed by atoms with Gasteiger partial charge in [0.25, 0.3) is 0 Å². The maximum atomic E-state index is 4.53. The average molecular weight is 407 g/mol. The Morgan fingerprint density at radius 3 is 2.87 bits per heavy atom. The Morgan fingerprint density at radius 2 is 1.94 bits per heavy atom. The number of H-pyrrole nitrogens is 1. The number of nitrogens with one attached hydrogen (secondary N) is 2. The number of nitrogens with zero attached hydrogens (tertiary/aromatic N) is 5. The van der Waals surface area contributed by atoms with Gasteiger partial charge in [0, 0.05) is 29.9 Å². The molecule has 0 saturated heterocycles. The smallest absolute Gasteiger partial charge is 0.134 e. The molecule has 7 heteroatoms. The number of rotatable bonds is 3. The van der Waals surface area contributed by atoms with Crippen molar-refractivity contribution in [1.82, 2.24) is 35.5 Å². The zero-order valence-corrected chi connectivity index (χ0v) is 17.1. The number of aryl methyl sites for hydroxylation is 1. The molecule has 1 aliphatic rings. The summed E-state index contributed by atoms with van der Waals surface area (Å²) in [5.74, 6) is 0.